The fourth-order valence-corrected chi connectivity index (χ4v) is 2.24. The van der Waals surface area contributed by atoms with Gasteiger partial charge in [-0.2, -0.15) is 0 Å². The van der Waals surface area contributed by atoms with Gasteiger partial charge in [-0.25, -0.2) is 4.98 Å². The third-order valence-corrected chi connectivity index (χ3v) is 3.48. The molecule has 5 heteroatoms. The van der Waals surface area contributed by atoms with Crippen molar-refractivity contribution in [3.05, 3.63) is 52.9 Å². The highest BCUT2D eigenvalue weighted by Gasteiger charge is 2.10. The fraction of sp³-hybridized carbons (Fsp3) is 0.286. The number of aromatic nitrogens is 2. The molecule has 0 radical (unpaired) electrons. The van der Waals surface area contributed by atoms with E-state index >= 15 is 0 Å². The van der Waals surface area contributed by atoms with Crippen LogP contribution in [0.1, 0.15) is 18.2 Å². The monoisotopic (exact) mass is 295 g/mol. The van der Waals surface area contributed by atoms with Crippen molar-refractivity contribution >= 4 is 29.0 Å². The van der Waals surface area contributed by atoms with Gasteiger partial charge in [0.1, 0.15) is 5.82 Å². The number of rotatable bonds is 5. The number of anilines is 1. The first-order valence-electron chi connectivity index (χ1n) is 6.09. The molecule has 3 nitrogen and oxygen atoms in total. The summed E-state index contributed by atoms with van der Waals surface area (Å²) in [5.74, 6) is 1.25. The summed E-state index contributed by atoms with van der Waals surface area (Å²) in [5.41, 5.74) is 1.90. The Morgan fingerprint density at radius 1 is 1.26 bits per heavy atom. The third-order valence-electron chi connectivity index (χ3n) is 2.85. The Labute approximate surface area is 123 Å². The van der Waals surface area contributed by atoms with E-state index in [0.29, 0.717) is 17.4 Å². The molecule has 0 atom stereocenters. The Morgan fingerprint density at radius 3 is 2.74 bits per heavy atom. The molecule has 0 saturated carbocycles. The molecule has 100 valence electrons. The molecule has 0 fully saturated rings. The van der Waals surface area contributed by atoms with Crippen LogP contribution in [0.4, 0.5) is 5.82 Å². The Balaban J connectivity index is 2.22. The average molecular weight is 296 g/mol. The lowest BCUT2D eigenvalue weighted by molar-refractivity contribution is 0.793. The number of pyridine rings is 2. The van der Waals surface area contributed by atoms with Crippen LogP contribution in [-0.4, -0.2) is 16.5 Å². The summed E-state index contributed by atoms with van der Waals surface area (Å²) in [6, 6.07) is 7.82. The van der Waals surface area contributed by atoms with Gasteiger partial charge in [0.15, 0.2) is 0 Å². The van der Waals surface area contributed by atoms with Crippen LogP contribution in [0.25, 0.3) is 0 Å². The van der Waals surface area contributed by atoms with Crippen LogP contribution in [0.5, 0.6) is 0 Å². The lowest BCUT2D eigenvalue weighted by Gasteiger charge is -2.22. The highest BCUT2D eigenvalue weighted by Crippen LogP contribution is 2.22. The van der Waals surface area contributed by atoms with Crippen molar-refractivity contribution in [1.82, 2.24) is 9.97 Å². The topological polar surface area (TPSA) is 29.0 Å². The molecule has 0 aromatic carbocycles. The maximum absolute atomic E-state index is 6.03. The van der Waals surface area contributed by atoms with Gasteiger partial charge in [-0.3, -0.25) is 4.98 Å². The van der Waals surface area contributed by atoms with Crippen LogP contribution in [0, 0.1) is 0 Å². The highest BCUT2D eigenvalue weighted by molar-refractivity contribution is 6.32. The van der Waals surface area contributed by atoms with Crippen molar-refractivity contribution in [1.29, 1.82) is 0 Å². The summed E-state index contributed by atoms with van der Waals surface area (Å²) in [4.78, 5) is 10.8. The zero-order chi connectivity index (χ0) is 13.7. The molecule has 2 aromatic heterocycles. The van der Waals surface area contributed by atoms with Crippen LogP contribution in [-0.2, 0) is 12.4 Å². The molecule has 0 aliphatic carbocycles. The van der Waals surface area contributed by atoms with Gasteiger partial charge in [0.05, 0.1) is 17.3 Å². The molecule has 0 bridgehead atoms. The smallest absolute Gasteiger partial charge is 0.129 e. The van der Waals surface area contributed by atoms with Gasteiger partial charge in [0.25, 0.3) is 0 Å². The van der Waals surface area contributed by atoms with Crippen LogP contribution in [0.2, 0.25) is 5.02 Å². The first-order chi connectivity index (χ1) is 9.24. The normalized spacial score (nSPS) is 10.5. The summed E-state index contributed by atoms with van der Waals surface area (Å²) in [6.07, 6.45) is 3.44. The zero-order valence-electron chi connectivity index (χ0n) is 10.7. The quantitative estimate of drug-likeness (QED) is 0.784. The first kappa shape index (κ1) is 14.1. The van der Waals surface area contributed by atoms with E-state index in [1.807, 2.05) is 24.3 Å². The largest absolute Gasteiger partial charge is 0.351 e. The maximum atomic E-state index is 6.03. The third kappa shape index (κ3) is 3.58. The minimum atomic E-state index is 0.384. The number of hydrogen-bond donors (Lipinski definition) is 0. The molecule has 0 spiro atoms. The van der Waals surface area contributed by atoms with Gasteiger partial charge in [0.2, 0.25) is 0 Å². The van der Waals surface area contributed by atoms with Crippen molar-refractivity contribution in [2.75, 3.05) is 11.4 Å². The second-order valence-electron chi connectivity index (χ2n) is 4.10. The zero-order valence-corrected chi connectivity index (χ0v) is 12.2. The molecule has 0 saturated heterocycles. The summed E-state index contributed by atoms with van der Waals surface area (Å²) in [7, 11) is 0. The van der Waals surface area contributed by atoms with Crippen molar-refractivity contribution in [2.45, 2.75) is 19.3 Å². The van der Waals surface area contributed by atoms with Crippen LogP contribution in [0.15, 0.2) is 36.7 Å². The molecule has 0 aliphatic heterocycles. The van der Waals surface area contributed by atoms with Gasteiger partial charge >= 0.3 is 0 Å². The van der Waals surface area contributed by atoms with Crippen molar-refractivity contribution in [2.24, 2.45) is 0 Å². The van der Waals surface area contributed by atoms with Crippen molar-refractivity contribution < 1.29 is 0 Å². The number of hydrogen-bond acceptors (Lipinski definition) is 3. The predicted octanol–water partition coefficient (Wildman–Crippen LogP) is 3.90. The number of alkyl halides is 1. The Morgan fingerprint density at radius 2 is 2.11 bits per heavy atom. The standard InChI is InChI=1S/C14H15Cl2N3/c1-2-19(10-12-5-3-4-6-17-12)14-7-11(8-15)13(16)9-18-14/h3-7,9H,2,8,10H2,1H3. The van der Waals surface area contributed by atoms with Gasteiger partial charge in [-0.15, -0.1) is 11.6 Å². The van der Waals surface area contributed by atoms with E-state index in [-0.39, 0.29) is 0 Å². The Bertz CT molecular complexity index is 531. The average Bonchev–Trinajstić information content (AvgIpc) is 2.46. The van der Waals surface area contributed by atoms with Crippen LogP contribution < -0.4 is 4.90 Å². The van der Waals surface area contributed by atoms with Gasteiger partial charge in [-0.05, 0) is 30.7 Å². The summed E-state index contributed by atoms with van der Waals surface area (Å²) >= 11 is 11.9. The van der Waals surface area contributed by atoms with E-state index in [9.17, 15) is 0 Å². The van der Waals surface area contributed by atoms with Crippen molar-refractivity contribution in [3.8, 4) is 0 Å². The second-order valence-corrected chi connectivity index (χ2v) is 4.78. The molecule has 2 rings (SSSR count). The van der Waals surface area contributed by atoms with Gasteiger partial charge in [0, 0.05) is 24.8 Å². The van der Waals surface area contributed by atoms with Crippen molar-refractivity contribution in [3.63, 3.8) is 0 Å². The van der Waals surface area contributed by atoms with Crippen LogP contribution >= 0.6 is 23.2 Å². The predicted molar refractivity (Wildman–Crippen MR) is 79.8 cm³/mol. The molecule has 0 aliphatic rings. The minimum absolute atomic E-state index is 0.384. The molecule has 2 aromatic rings. The van der Waals surface area contributed by atoms with E-state index in [1.165, 1.54) is 0 Å². The minimum Gasteiger partial charge on any atom is -0.351 e. The molecule has 19 heavy (non-hydrogen) atoms. The summed E-state index contributed by atoms with van der Waals surface area (Å²) in [5, 5.41) is 0.604. The molecule has 0 unspecified atom stereocenters. The maximum Gasteiger partial charge on any atom is 0.129 e. The molecular formula is C14H15Cl2N3. The highest BCUT2D eigenvalue weighted by atomic mass is 35.5. The van der Waals surface area contributed by atoms with Crippen LogP contribution in [0.3, 0.4) is 0 Å². The van der Waals surface area contributed by atoms with E-state index < -0.39 is 0 Å². The Kier molecular flexibility index (Phi) is 5.00. The lowest BCUT2D eigenvalue weighted by Crippen LogP contribution is -2.23. The Hall–Kier alpha value is -1.32. The molecule has 0 N–H and O–H groups in total. The van der Waals surface area contributed by atoms with E-state index in [4.69, 9.17) is 23.2 Å². The van der Waals surface area contributed by atoms with E-state index in [1.54, 1.807) is 12.4 Å². The number of halogens is 2. The van der Waals surface area contributed by atoms with Gasteiger partial charge < -0.3 is 4.90 Å². The molecule has 0 amide bonds. The first-order valence-corrected chi connectivity index (χ1v) is 7.01. The van der Waals surface area contributed by atoms with Gasteiger partial charge in [-0.1, -0.05) is 17.7 Å². The summed E-state index contributed by atoms with van der Waals surface area (Å²) in [6.45, 7) is 3.64. The SMILES string of the molecule is CCN(Cc1ccccn1)c1cc(CCl)c(Cl)cn1. The summed E-state index contributed by atoms with van der Waals surface area (Å²) < 4.78 is 0. The molecular weight excluding hydrogens is 281 g/mol. The number of nitrogens with zero attached hydrogens (tertiary/aromatic N) is 3. The van der Waals surface area contributed by atoms with E-state index in [2.05, 4.69) is 21.8 Å². The fourth-order valence-electron chi connectivity index (χ4n) is 1.79. The molecule has 2 heterocycles. The lowest BCUT2D eigenvalue weighted by atomic mass is 10.2. The van der Waals surface area contributed by atoms with E-state index in [0.717, 1.165) is 23.6 Å². The second kappa shape index (κ2) is 6.73.